The first kappa shape index (κ1) is 14.4. The molecule has 108 valence electrons. The molecule has 1 atom stereocenters. The van der Waals surface area contributed by atoms with Crippen LogP contribution in [0.25, 0.3) is 10.9 Å². The highest BCUT2D eigenvalue weighted by atomic mass is 79.9. The van der Waals surface area contributed by atoms with E-state index in [4.69, 9.17) is 5.73 Å². The van der Waals surface area contributed by atoms with Gasteiger partial charge in [-0.3, -0.25) is 0 Å². The molecule has 1 unspecified atom stereocenters. The van der Waals surface area contributed by atoms with Gasteiger partial charge in [0.25, 0.3) is 0 Å². The Bertz CT molecular complexity index is 775. The molecule has 2 aromatic carbocycles. The largest absolute Gasteiger partial charge is 0.347 e. The Kier molecular flexibility index (Phi) is 3.87. The summed E-state index contributed by atoms with van der Waals surface area (Å²) in [7, 11) is 2.13. The van der Waals surface area contributed by atoms with Gasteiger partial charge in [-0.2, -0.15) is 0 Å². The highest BCUT2D eigenvalue weighted by molar-refractivity contribution is 9.10. The molecule has 2 nitrogen and oxygen atoms in total. The third-order valence-corrected chi connectivity index (χ3v) is 4.73. The van der Waals surface area contributed by atoms with E-state index in [9.17, 15) is 0 Å². The van der Waals surface area contributed by atoms with E-state index >= 15 is 0 Å². The SMILES string of the molecule is Cc1c(C(CN)c2ccccc2)n(C)c2cc(Br)ccc12. The quantitative estimate of drug-likeness (QED) is 0.754. The molecule has 0 radical (unpaired) electrons. The van der Waals surface area contributed by atoms with Crippen LogP contribution in [-0.4, -0.2) is 11.1 Å². The molecule has 2 N–H and O–H groups in total. The second kappa shape index (κ2) is 5.66. The number of aromatic nitrogens is 1. The first-order valence-corrected chi connectivity index (χ1v) is 7.92. The number of fused-ring (bicyclic) bond motifs is 1. The van der Waals surface area contributed by atoms with Crippen molar-refractivity contribution >= 4 is 26.8 Å². The summed E-state index contributed by atoms with van der Waals surface area (Å²) in [6, 6.07) is 17.0. The molecule has 0 amide bonds. The zero-order valence-corrected chi connectivity index (χ0v) is 13.9. The lowest BCUT2D eigenvalue weighted by Gasteiger charge is -2.18. The van der Waals surface area contributed by atoms with Crippen molar-refractivity contribution < 1.29 is 0 Å². The fourth-order valence-electron chi connectivity index (χ4n) is 3.20. The Hall–Kier alpha value is -1.58. The Morgan fingerprint density at radius 2 is 1.86 bits per heavy atom. The van der Waals surface area contributed by atoms with Gasteiger partial charge in [0.1, 0.15) is 0 Å². The predicted octanol–water partition coefficient (Wildman–Crippen LogP) is 4.34. The van der Waals surface area contributed by atoms with Gasteiger partial charge >= 0.3 is 0 Å². The average molecular weight is 343 g/mol. The van der Waals surface area contributed by atoms with E-state index in [-0.39, 0.29) is 5.92 Å². The molecular formula is C18H19BrN2. The smallest absolute Gasteiger partial charge is 0.0494 e. The van der Waals surface area contributed by atoms with Crippen LogP contribution >= 0.6 is 15.9 Å². The molecule has 0 bridgehead atoms. The normalized spacial score (nSPS) is 12.8. The second-order valence-electron chi connectivity index (χ2n) is 5.43. The topological polar surface area (TPSA) is 30.9 Å². The third-order valence-electron chi connectivity index (χ3n) is 4.24. The molecule has 0 saturated carbocycles. The maximum atomic E-state index is 6.10. The fraction of sp³-hybridized carbons (Fsp3) is 0.222. The molecule has 3 heteroatoms. The molecule has 1 heterocycles. The number of nitrogens with zero attached hydrogens (tertiary/aromatic N) is 1. The Morgan fingerprint density at radius 1 is 1.14 bits per heavy atom. The number of nitrogens with two attached hydrogens (primary N) is 1. The Morgan fingerprint density at radius 3 is 2.52 bits per heavy atom. The van der Waals surface area contributed by atoms with Crippen LogP contribution in [0.1, 0.15) is 22.7 Å². The summed E-state index contributed by atoms with van der Waals surface area (Å²) in [6.45, 7) is 2.80. The van der Waals surface area contributed by atoms with E-state index in [0.29, 0.717) is 6.54 Å². The van der Waals surface area contributed by atoms with Crippen molar-refractivity contribution in [2.75, 3.05) is 6.54 Å². The minimum atomic E-state index is 0.224. The van der Waals surface area contributed by atoms with Crippen molar-refractivity contribution in [2.24, 2.45) is 12.8 Å². The molecule has 3 aromatic rings. The van der Waals surface area contributed by atoms with E-state index in [1.54, 1.807) is 0 Å². The van der Waals surface area contributed by atoms with E-state index in [1.807, 2.05) is 6.07 Å². The summed E-state index contributed by atoms with van der Waals surface area (Å²) in [5.74, 6) is 0.224. The summed E-state index contributed by atoms with van der Waals surface area (Å²) >= 11 is 3.56. The van der Waals surface area contributed by atoms with Gasteiger partial charge in [-0.05, 0) is 30.2 Å². The van der Waals surface area contributed by atoms with E-state index < -0.39 is 0 Å². The summed E-state index contributed by atoms with van der Waals surface area (Å²) in [4.78, 5) is 0. The Balaban J connectivity index is 2.24. The molecule has 0 aliphatic heterocycles. The minimum Gasteiger partial charge on any atom is -0.347 e. The van der Waals surface area contributed by atoms with Crippen molar-refractivity contribution in [2.45, 2.75) is 12.8 Å². The van der Waals surface area contributed by atoms with Crippen molar-refractivity contribution in [3.05, 3.63) is 69.8 Å². The fourth-order valence-corrected chi connectivity index (χ4v) is 3.55. The lowest BCUT2D eigenvalue weighted by Crippen LogP contribution is -2.17. The summed E-state index contributed by atoms with van der Waals surface area (Å²) in [5.41, 5.74) is 11.2. The van der Waals surface area contributed by atoms with Crippen LogP contribution in [-0.2, 0) is 7.05 Å². The average Bonchev–Trinajstić information content (AvgIpc) is 2.74. The molecule has 0 spiro atoms. The molecule has 21 heavy (non-hydrogen) atoms. The highest BCUT2D eigenvalue weighted by Gasteiger charge is 2.21. The molecule has 0 fully saturated rings. The van der Waals surface area contributed by atoms with Crippen LogP contribution in [0.5, 0.6) is 0 Å². The molecule has 0 aliphatic rings. The van der Waals surface area contributed by atoms with Gasteiger partial charge in [-0.1, -0.05) is 52.3 Å². The zero-order chi connectivity index (χ0) is 15.0. The first-order valence-electron chi connectivity index (χ1n) is 7.13. The molecule has 0 saturated heterocycles. The maximum Gasteiger partial charge on any atom is 0.0494 e. The summed E-state index contributed by atoms with van der Waals surface area (Å²) in [6.07, 6.45) is 0. The van der Waals surface area contributed by atoms with Crippen LogP contribution in [0.4, 0.5) is 0 Å². The van der Waals surface area contributed by atoms with Crippen LogP contribution in [0.3, 0.4) is 0 Å². The van der Waals surface area contributed by atoms with E-state index in [0.717, 1.165) is 4.47 Å². The van der Waals surface area contributed by atoms with Crippen molar-refractivity contribution in [3.8, 4) is 0 Å². The van der Waals surface area contributed by atoms with Crippen molar-refractivity contribution in [1.29, 1.82) is 0 Å². The van der Waals surface area contributed by atoms with Crippen LogP contribution in [0, 0.1) is 6.92 Å². The second-order valence-corrected chi connectivity index (χ2v) is 6.35. The van der Waals surface area contributed by atoms with Gasteiger partial charge in [0.2, 0.25) is 0 Å². The van der Waals surface area contributed by atoms with Gasteiger partial charge in [0.15, 0.2) is 0 Å². The monoisotopic (exact) mass is 342 g/mol. The molecule has 3 rings (SSSR count). The van der Waals surface area contributed by atoms with Crippen LogP contribution < -0.4 is 5.73 Å². The molecule has 1 aromatic heterocycles. The maximum absolute atomic E-state index is 6.10. The standard InChI is InChI=1S/C18H19BrN2/c1-12-15-9-8-14(19)10-17(15)21(2)18(12)16(11-20)13-6-4-3-5-7-13/h3-10,16H,11,20H2,1-2H3. The van der Waals surface area contributed by atoms with Crippen molar-refractivity contribution in [1.82, 2.24) is 4.57 Å². The number of benzene rings is 2. The number of hydrogen-bond acceptors (Lipinski definition) is 1. The number of halogens is 1. The van der Waals surface area contributed by atoms with Gasteiger partial charge in [-0.15, -0.1) is 0 Å². The summed E-state index contributed by atoms with van der Waals surface area (Å²) < 4.78 is 3.38. The highest BCUT2D eigenvalue weighted by Crippen LogP contribution is 2.34. The van der Waals surface area contributed by atoms with Crippen LogP contribution in [0.2, 0.25) is 0 Å². The molecular weight excluding hydrogens is 324 g/mol. The van der Waals surface area contributed by atoms with E-state index in [2.05, 4.69) is 76.9 Å². The molecule has 0 aliphatic carbocycles. The zero-order valence-electron chi connectivity index (χ0n) is 12.3. The minimum absolute atomic E-state index is 0.224. The Labute approximate surface area is 133 Å². The number of rotatable bonds is 3. The summed E-state index contributed by atoms with van der Waals surface area (Å²) in [5, 5.41) is 1.30. The lowest BCUT2D eigenvalue weighted by molar-refractivity contribution is 0.730. The van der Waals surface area contributed by atoms with Crippen LogP contribution in [0.15, 0.2) is 53.0 Å². The van der Waals surface area contributed by atoms with Gasteiger partial charge < -0.3 is 10.3 Å². The number of aryl methyl sites for hydroxylation is 2. The third kappa shape index (κ3) is 2.41. The van der Waals surface area contributed by atoms with Gasteiger partial charge in [-0.25, -0.2) is 0 Å². The van der Waals surface area contributed by atoms with Gasteiger partial charge in [0.05, 0.1) is 0 Å². The number of hydrogen-bond donors (Lipinski definition) is 1. The van der Waals surface area contributed by atoms with Crippen molar-refractivity contribution in [3.63, 3.8) is 0 Å². The predicted molar refractivity (Wildman–Crippen MR) is 92.7 cm³/mol. The lowest BCUT2D eigenvalue weighted by atomic mass is 9.93. The van der Waals surface area contributed by atoms with Gasteiger partial charge in [0, 0.05) is 40.6 Å². The first-order chi connectivity index (χ1) is 10.1. The van der Waals surface area contributed by atoms with E-state index in [1.165, 1.54) is 27.7 Å².